The third kappa shape index (κ3) is 3.55. The van der Waals surface area contributed by atoms with Gasteiger partial charge in [-0.1, -0.05) is 0 Å². The minimum atomic E-state index is -4.57. The molecule has 2 amide bonds. The van der Waals surface area contributed by atoms with Crippen molar-refractivity contribution in [3.63, 3.8) is 0 Å². The van der Waals surface area contributed by atoms with Gasteiger partial charge in [-0.05, 0) is 18.8 Å². The number of anilines is 1. The molecule has 9 heteroatoms. The van der Waals surface area contributed by atoms with Gasteiger partial charge < -0.3 is 19.7 Å². The first-order valence-electron chi connectivity index (χ1n) is 7.66. The van der Waals surface area contributed by atoms with Crippen LogP contribution >= 0.6 is 0 Å². The number of carbonyl (C=O) groups is 1. The minimum absolute atomic E-state index is 0.00662. The van der Waals surface area contributed by atoms with Crippen molar-refractivity contribution in [3.05, 3.63) is 18.0 Å². The van der Waals surface area contributed by atoms with E-state index in [-0.39, 0.29) is 23.5 Å². The zero-order chi connectivity index (χ0) is 17.3. The third-order valence-electron chi connectivity index (χ3n) is 4.21. The number of methoxy groups -OCH3 is 1. The zero-order valence-electron chi connectivity index (χ0n) is 13.1. The van der Waals surface area contributed by atoms with Crippen LogP contribution in [-0.2, 0) is 10.9 Å². The van der Waals surface area contributed by atoms with E-state index in [1.165, 1.54) is 7.11 Å². The predicted octanol–water partition coefficient (Wildman–Crippen LogP) is 2.75. The quantitative estimate of drug-likeness (QED) is 0.915. The van der Waals surface area contributed by atoms with Gasteiger partial charge in [0.15, 0.2) is 0 Å². The average molecular weight is 345 g/mol. The first-order valence-corrected chi connectivity index (χ1v) is 7.66. The van der Waals surface area contributed by atoms with E-state index in [0.717, 1.165) is 25.1 Å². The van der Waals surface area contributed by atoms with Gasteiger partial charge >= 0.3 is 12.2 Å². The molecule has 1 aliphatic heterocycles. The Balaban J connectivity index is 1.75. The second-order valence-electron chi connectivity index (χ2n) is 5.87. The van der Waals surface area contributed by atoms with E-state index < -0.39 is 11.9 Å². The van der Waals surface area contributed by atoms with Gasteiger partial charge in [-0.15, -0.1) is 0 Å². The largest absolute Gasteiger partial charge is 0.494 e. The van der Waals surface area contributed by atoms with Crippen LogP contribution in [0, 0.1) is 5.92 Å². The van der Waals surface area contributed by atoms with Crippen LogP contribution < -0.4 is 10.1 Å². The first kappa shape index (κ1) is 16.8. The maximum atomic E-state index is 12.7. The van der Waals surface area contributed by atoms with E-state index in [2.05, 4.69) is 10.3 Å². The Labute approximate surface area is 136 Å². The molecule has 24 heavy (non-hydrogen) atoms. The fourth-order valence-corrected chi connectivity index (χ4v) is 2.79. The molecule has 0 bridgehead atoms. The number of nitrogens with zero attached hydrogens (tertiary/aromatic N) is 2. The molecule has 1 aliphatic carbocycles. The maximum Gasteiger partial charge on any atom is 0.433 e. The van der Waals surface area contributed by atoms with E-state index >= 15 is 0 Å². The molecule has 1 saturated heterocycles. The number of hydrogen-bond acceptors (Lipinski definition) is 4. The van der Waals surface area contributed by atoms with Gasteiger partial charge in [0, 0.05) is 12.6 Å². The fourth-order valence-electron chi connectivity index (χ4n) is 2.79. The van der Waals surface area contributed by atoms with E-state index in [0.29, 0.717) is 25.7 Å². The molecule has 0 unspecified atom stereocenters. The summed E-state index contributed by atoms with van der Waals surface area (Å²) in [6.07, 6.45) is -1.49. The molecule has 2 heterocycles. The van der Waals surface area contributed by atoms with Gasteiger partial charge in [0.2, 0.25) is 0 Å². The highest BCUT2D eigenvalue weighted by Crippen LogP contribution is 2.37. The normalized spacial score (nSPS) is 21.5. The summed E-state index contributed by atoms with van der Waals surface area (Å²) in [6, 6.07) is 0.398. The van der Waals surface area contributed by atoms with Gasteiger partial charge in [0.1, 0.15) is 17.1 Å². The number of carbonyl (C=O) groups excluding carboxylic acids is 1. The summed E-state index contributed by atoms with van der Waals surface area (Å²) in [5.41, 5.74) is -0.962. The molecule has 0 radical (unpaired) electrons. The lowest BCUT2D eigenvalue weighted by Gasteiger charge is -2.35. The number of alkyl halides is 3. The molecule has 0 aromatic carbocycles. The molecule has 6 nitrogen and oxygen atoms in total. The topological polar surface area (TPSA) is 63.7 Å². The Morgan fingerprint density at radius 3 is 2.83 bits per heavy atom. The fraction of sp³-hybridized carbons (Fsp3) is 0.600. The Morgan fingerprint density at radius 1 is 1.46 bits per heavy atom. The molecule has 3 rings (SSSR count). The van der Waals surface area contributed by atoms with Crippen LogP contribution in [0.5, 0.6) is 5.75 Å². The van der Waals surface area contributed by atoms with Crippen molar-refractivity contribution in [2.45, 2.75) is 25.1 Å². The van der Waals surface area contributed by atoms with Crippen molar-refractivity contribution in [3.8, 4) is 5.75 Å². The van der Waals surface area contributed by atoms with E-state index in [1.807, 2.05) is 0 Å². The number of ether oxygens (including phenoxy) is 2. The number of amides is 2. The Kier molecular flexibility index (Phi) is 4.53. The van der Waals surface area contributed by atoms with Crippen LogP contribution in [0.2, 0.25) is 0 Å². The standard InChI is InChI=1S/C15H18F3N3O3/c1-23-12-6-13(15(16,17)18)19-7-10(12)20-14(22)21-4-5-24-8-11(21)9-2-3-9/h6-7,9,11H,2-5,8H2,1H3,(H,20,22)/t11-/m1/s1. The first-order chi connectivity index (χ1) is 11.4. The van der Waals surface area contributed by atoms with Gasteiger partial charge in [-0.2, -0.15) is 13.2 Å². The Morgan fingerprint density at radius 2 is 2.21 bits per heavy atom. The highest BCUT2D eigenvalue weighted by atomic mass is 19.4. The summed E-state index contributed by atoms with van der Waals surface area (Å²) in [6.45, 7) is 1.38. The number of hydrogen-bond donors (Lipinski definition) is 1. The second kappa shape index (κ2) is 6.46. The predicted molar refractivity (Wildman–Crippen MR) is 78.8 cm³/mol. The molecule has 1 saturated carbocycles. The van der Waals surface area contributed by atoms with Crippen LogP contribution in [0.4, 0.5) is 23.7 Å². The monoisotopic (exact) mass is 345 g/mol. The number of morpholine rings is 1. The highest BCUT2D eigenvalue weighted by molar-refractivity contribution is 5.91. The third-order valence-corrected chi connectivity index (χ3v) is 4.21. The van der Waals surface area contributed by atoms with Crippen molar-refractivity contribution >= 4 is 11.7 Å². The van der Waals surface area contributed by atoms with Crippen LogP contribution in [0.25, 0.3) is 0 Å². The van der Waals surface area contributed by atoms with Crippen molar-refractivity contribution in [2.24, 2.45) is 5.92 Å². The van der Waals surface area contributed by atoms with Crippen molar-refractivity contribution in [1.82, 2.24) is 9.88 Å². The molecular weight excluding hydrogens is 327 g/mol. The minimum Gasteiger partial charge on any atom is -0.494 e. The SMILES string of the molecule is COc1cc(C(F)(F)F)ncc1NC(=O)N1CCOC[C@@H]1C1CC1. The van der Waals surface area contributed by atoms with E-state index in [4.69, 9.17) is 9.47 Å². The number of nitrogens with one attached hydrogen (secondary N) is 1. The van der Waals surface area contributed by atoms with Crippen LogP contribution in [0.1, 0.15) is 18.5 Å². The van der Waals surface area contributed by atoms with Gasteiger partial charge in [-0.3, -0.25) is 0 Å². The number of urea groups is 1. The summed E-state index contributed by atoms with van der Waals surface area (Å²) in [4.78, 5) is 17.6. The smallest absolute Gasteiger partial charge is 0.433 e. The summed E-state index contributed by atoms with van der Waals surface area (Å²) in [5, 5.41) is 2.60. The van der Waals surface area contributed by atoms with Crippen LogP contribution in [-0.4, -0.2) is 48.8 Å². The second-order valence-corrected chi connectivity index (χ2v) is 5.87. The summed E-state index contributed by atoms with van der Waals surface area (Å²) < 4.78 is 48.5. The summed E-state index contributed by atoms with van der Waals surface area (Å²) in [5.74, 6) is 0.352. The molecule has 0 spiro atoms. The lowest BCUT2D eigenvalue weighted by atomic mass is 10.1. The summed E-state index contributed by atoms with van der Waals surface area (Å²) >= 11 is 0. The lowest BCUT2D eigenvalue weighted by molar-refractivity contribution is -0.141. The molecule has 1 aromatic heterocycles. The Bertz CT molecular complexity index is 620. The van der Waals surface area contributed by atoms with E-state index in [9.17, 15) is 18.0 Å². The van der Waals surface area contributed by atoms with Crippen LogP contribution in [0.15, 0.2) is 12.3 Å². The Hall–Kier alpha value is -2.03. The van der Waals surface area contributed by atoms with Gasteiger partial charge in [-0.25, -0.2) is 9.78 Å². The van der Waals surface area contributed by atoms with Gasteiger partial charge in [0.25, 0.3) is 0 Å². The highest BCUT2D eigenvalue weighted by Gasteiger charge is 2.39. The molecule has 1 N–H and O–H groups in total. The molecule has 2 aliphatic rings. The number of rotatable bonds is 3. The van der Waals surface area contributed by atoms with Crippen molar-refractivity contribution in [2.75, 3.05) is 32.2 Å². The van der Waals surface area contributed by atoms with Crippen LogP contribution in [0.3, 0.4) is 0 Å². The van der Waals surface area contributed by atoms with Gasteiger partial charge in [0.05, 0.1) is 32.6 Å². The summed E-state index contributed by atoms with van der Waals surface area (Å²) in [7, 11) is 1.24. The number of halogens is 3. The molecule has 1 aromatic rings. The molecule has 2 fully saturated rings. The van der Waals surface area contributed by atoms with Crippen molar-refractivity contribution < 1.29 is 27.4 Å². The van der Waals surface area contributed by atoms with E-state index in [1.54, 1.807) is 4.90 Å². The molecular formula is C15H18F3N3O3. The lowest BCUT2D eigenvalue weighted by Crippen LogP contribution is -2.51. The number of aromatic nitrogens is 1. The zero-order valence-corrected chi connectivity index (χ0v) is 13.1. The van der Waals surface area contributed by atoms with Crippen molar-refractivity contribution in [1.29, 1.82) is 0 Å². The molecule has 132 valence electrons. The number of pyridine rings is 1. The maximum absolute atomic E-state index is 12.7. The average Bonchev–Trinajstić information content (AvgIpc) is 3.39. The molecule has 1 atom stereocenters.